The number of nitrogens with zero attached hydrogens (tertiary/aromatic N) is 3. The molecule has 1 aromatic carbocycles. The highest BCUT2D eigenvalue weighted by Crippen LogP contribution is 2.35. The first-order valence-electron chi connectivity index (χ1n) is 10.1. The van der Waals surface area contributed by atoms with Gasteiger partial charge in [0.2, 0.25) is 5.91 Å². The number of nitro benzene ring substituents is 1. The van der Waals surface area contributed by atoms with Gasteiger partial charge in [-0.05, 0) is 36.3 Å². The quantitative estimate of drug-likeness (QED) is 0.523. The lowest BCUT2D eigenvalue weighted by Gasteiger charge is -2.40. The fourth-order valence-corrected chi connectivity index (χ4v) is 3.95. The SMILES string of the molecule is CC(=O)N1CCC(N(CC(C)C)c2ccc([C@H](C)CC(=O)O)cc2[N+](=O)[O-])CC1. The average molecular weight is 405 g/mol. The Balaban J connectivity index is 2.36. The Bertz CT molecular complexity index is 757. The Hall–Kier alpha value is -2.64. The Morgan fingerprint density at radius 3 is 2.38 bits per heavy atom. The lowest BCUT2D eigenvalue weighted by atomic mass is 9.95. The van der Waals surface area contributed by atoms with Crippen LogP contribution in [0.5, 0.6) is 0 Å². The molecule has 0 aliphatic carbocycles. The summed E-state index contributed by atoms with van der Waals surface area (Å²) in [6, 6.07) is 5.19. The van der Waals surface area contributed by atoms with E-state index in [1.54, 1.807) is 26.0 Å². The molecule has 1 fully saturated rings. The molecular formula is C21H31N3O5. The average Bonchev–Trinajstić information content (AvgIpc) is 2.65. The van der Waals surface area contributed by atoms with Gasteiger partial charge in [0.05, 0.1) is 11.3 Å². The van der Waals surface area contributed by atoms with Gasteiger partial charge in [-0.25, -0.2) is 0 Å². The highest BCUT2D eigenvalue weighted by molar-refractivity contribution is 5.73. The summed E-state index contributed by atoms with van der Waals surface area (Å²) in [6.07, 6.45) is 1.46. The Kier molecular flexibility index (Phi) is 7.59. The predicted molar refractivity (Wildman–Crippen MR) is 111 cm³/mol. The summed E-state index contributed by atoms with van der Waals surface area (Å²) in [6.45, 7) is 9.45. The van der Waals surface area contributed by atoms with Gasteiger partial charge < -0.3 is 14.9 Å². The van der Waals surface area contributed by atoms with Gasteiger partial charge in [0, 0.05) is 38.7 Å². The van der Waals surface area contributed by atoms with Gasteiger partial charge >= 0.3 is 5.97 Å². The van der Waals surface area contributed by atoms with E-state index in [-0.39, 0.29) is 34.9 Å². The maximum absolute atomic E-state index is 11.8. The number of carboxylic acid groups (broad SMARTS) is 1. The van der Waals surface area contributed by atoms with E-state index < -0.39 is 5.97 Å². The number of carbonyl (C=O) groups excluding carboxylic acids is 1. The third-order valence-corrected chi connectivity index (χ3v) is 5.47. The summed E-state index contributed by atoms with van der Waals surface area (Å²) < 4.78 is 0. The lowest BCUT2D eigenvalue weighted by molar-refractivity contribution is -0.384. The molecule has 8 heteroatoms. The number of carboxylic acids is 1. The minimum Gasteiger partial charge on any atom is -0.481 e. The zero-order valence-corrected chi connectivity index (χ0v) is 17.6. The maximum atomic E-state index is 11.8. The zero-order valence-electron chi connectivity index (χ0n) is 17.6. The van der Waals surface area contributed by atoms with E-state index in [1.807, 2.05) is 4.90 Å². The monoisotopic (exact) mass is 405 g/mol. The predicted octanol–water partition coefficient (Wildman–Crippen LogP) is 3.65. The second kappa shape index (κ2) is 9.71. The van der Waals surface area contributed by atoms with Crippen molar-refractivity contribution in [3.05, 3.63) is 33.9 Å². The summed E-state index contributed by atoms with van der Waals surface area (Å²) in [7, 11) is 0. The fourth-order valence-electron chi connectivity index (χ4n) is 3.95. The molecule has 1 saturated heterocycles. The fraction of sp³-hybridized carbons (Fsp3) is 0.619. The van der Waals surface area contributed by atoms with Crippen molar-refractivity contribution < 1.29 is 19.6 Å². The van der Waals surface area contributed by atoms with Crippen LogP contribution in [0.1, 0.15) is 58.4 Å². The minimum absolute atomic E-state index is 0.00869. The number of likely N-dealkylation sites (tertiary alicyclic amines) is 1. The van der Waals surface area contributed by atoms with Crippen LogP contribution in [-0.4, -0.2) is 52.5 Å². The van der Waals surface area contributed by atoms with Crippen molar-refractivity contribution >= 4 is 23.3 Å². The molecule has 160 valence electrons. The van der Waals surface area contributed by atoms with Gasteiger partial charge in [0.25, 0.3) is 5.69 Å². The molecule has 0 unspecified atom stereocenters. The van der Waals surface area contributed by atoms with Crippen molar-refractivity contribution in [3.63, 3.8) is 0 Å². The van der Waals surface area contributed by atoms with Gasteiger partial charge in [-0.1, -0.05) is 26.8 Å². The summed E-state index contributed by atoms with van der Waals surface area (Å²) in [5, 5.41) is 20.9. The largest absolute Gasteiger partial charge is 0.481 e. The molecular weight excluding hydrogens is 374 g/mol. The number of benzene rings is 1. The van der Waals surface area contributed by atoms with Crippen LogP contribution in [0, 0.1) is 16.0 Å². The molecule has 1 aromatic rings. The van der Waals surface area contributed by atoms with Crippen molar-refractivity contribution in [2.75, 3.05) is 24.5 Å². The molecule has 1 atom stereocenters. The molecule has 1 heterocycles. The number of piperidine rings is 1. The van der Waals surface area contributed by atoms with Crippen molar-refractivity contribution in [3.8, 4) is 0 Å². The van der Waals surface area contributed by atoms with Gasteiger partial charge in [-0.3, -0.25) is 19.7 Å². The van der Waals surface area contributed by atoms with E-state index in [0.717, 1.165) is 12.8 Å². The van der Waals surface area contributed by atoms with Gasteiger partial charge in [-0.2, -0.15) is 0 Å². The topological polar surface area (TPSA) is 104 Å². The molecule has 1 aliphatic rings. The summed E-state index contributed by atoms with van der Waals surface area (Å²) >= 11 is 0. The van der Waals surface area contributed by atoms with Crippen LogP contribution in [0.3, 0.4) is 0 Å². The van der Waals surface area contributed by atoms with E-state index in [0.29, 0.717) is 36.8 Å². The zero-order chi connectivity index (χ0) is 21.7. The van der Waals surface area contributed by atoms with Crippen LogP contribution in [0.4, 0.5) is 11.4 Å². The first-order chi connectivity index (χ1) is 13.6. The van der Waals surface area contributed by atoms with E-state index in [1.165, 1.54) is 6.07 Å². The highest BCUT2D eigenvalue weighted by atomic mass is 16.6. The standard InChI is InChI=1S/C21H31N3O5/c1-14(2)13-23(18-7-9-22(10-8-18)16(4)25)19-6-5-17(12-20(19)24(28)29)15(3)11-21(26)27/h5-6,12,14-15,18H,7-11,13H2,1-4H3,(H,26,27)/t15-/m1/s1. The molecule has 2 rings (SSSR count). The number of hydrogen-bond acceptors (Lipinski definition) is 5. The number of nitro groups is 1. The molecule has 29 heavy (non-hydrogen) atoms. The molecule has 1 amide bonds. The van der Waals surface area contributed by atoms with Crippen LogP contribution < -0.4 is 4.90 Å². The summed E-state index contributed by atoms with van der Waals surface area (Å²) in [4.78, 5) is 38.0. The molecule has 0 radical (unpaired) electrons. The maximum Gasteiger partial charge on any atom is 0.303 e. The highest BCUT2D eigenvalue weighted by Gasteiger charge is 2.30. The molecule has 0 spiro atoms. The number of amides is 1. The van der Waals surface area contributed by atoms with Crippen LogP contribution in [-0.2, 0) is 9.59 Å². The Morgan fingerprint density at radius 1 is 1.28 bits per heavy atom. The molecule has 1 aliphatic heterocycles. The van der Waals surface area contributed by atoms with Gasteiger partial charge in [-0.15, -0.1) is 0 Å². The normalized spacial score (nSPS) is 16.0. The van der Waals surface area contributed by atoms with Crippen LogP contribution in [0.15, 0.2) is 18.2 Å². The second-order valence-electron chi connectivity index (χ2n) is 8.29. The van der Waals surface area contributed by atoms with Crippen molar-refractivity contribution in [1.29, 1.82) is 0 Å². The van der Waals surface area contributed by atoms with Crippen molar-refractivity contribution in [2.45, 2.75) is 58.9 Å². The van der Waals surface area contributed by atoms with Crippen LogP contribution >= 0.6 is 0 Å². The van der Waals surface area contributed by atoms with E-state index in [2.05, 4.69) is 18.7 Å². The van der Waals surface area contributed by atoms with E-state index >= 15 is 0 Å². The molecule has 8 nitrogen and oxygen atoms in total. The van der Waals surface area contributed by atoms with Crippen LogP contribution in [0.2, 0.25) is 0 Å². The van der Waals surface area contributed by atoms with E-state index in [9.17, 15) is 19.7 Å². The molecule has 1 N–H and O–H groups in total. The minimum atomic E-state index is -0.928. The van der Waals surface area contributed by atoms with Crippen molar-refractivity contribution in [1.82, 2.24) is 4.90 Å². The number of aliphatic carboxylic acids is 1. The number of anilines is 1. The second-order valence-corrected chi connectivity index (χ2v) is 8.29. The smallest absolute Gasteiger partial charge is 0.303 e. The third-order valence-electron chi connectivity index (χ3n) is 5.47. The number of hydrogen-bond donors (Lipinski definition) is 1. The Morgan fingerprint density at radius 2 is 1.90 bits per heavy atom. The summed E-state index contributed by atoms with van der Waals surface area (Å²) in [5.41, 5.74) is 1.23. The summed E-state index contributed by atoms with van der Waals surface area (Å²) in [5.74, 6) is -0.867. The molecule has 0 aromatic heterocycles. The molecule has 0 bridgehead atoms. The number of carbonyl (C=O) groups is 2. The number of rotatable bonds is 8. The van der Waals surface area contributed by atoms with Gasteiger partial charge in [0.1, 0.15) is 5.69 Å². The third kappa shape index (κ3) is 5.92. The first kappa shape index (κ1) is 22.6. The van der Waals surface area contributed by atoms with E-state index in [4.69, 9.17) is 5.11 Å². The van der Waals surface area contributed by atoms with Crippen LogP contribution in [0.25, 0.3) is 0 Å². The van der Waals surface area contributed by atoms with Gasteiger partial charge in [0.15, 0.2) is 0 Å². The lowest BCUT2D eigenvalue weighted by Crippen LogP contribution is -2.47. The van der Waals surface area contributed by atoms with Crippen molar-refractivity contribution in [2.24, 2.45) is 5.92 Å². The first-order valence-corrected chi connectivity index (χ1v) is 10.1. The molecule has 0 saturated carbocycles. The Labute approximate surface area is 171 Å².